The lowest BCUT2D eigenvalue weighted by atomic mass is 10.0. The first-order chi connectivity index (χ1) is 12.7. The molecule has 2 aromatic heterocycles. The molecule has 1 amide bonds. The molecule has 4 rings (SSSR count). The first-order valence-corrected chi connectivity index (χ1v) is 8.22. The van der Waals surface area contributed by atoms with Gasteiger partial charge in [-0.25, -0.2) is 14.5 Å². The van der Waals surface area contributed by atoms with Gasteiger partial charge in [-0.1, -0.05) is 18.2 Å². The van der Waals surface area contributed by atoms with Crippen molar-refractivity contribution in [1.82, 2.24) is 20.1 Å². The number of carbonyl (C=O) groups is 2. The summed E-state index contributed by atoms with van der Waals surface area (Å²) in [6.07, 6.45) is 4.72. The number of aromatic nitrogens is 3. The highest BCUT2D eigenvalue weighted by molar-refractivity contribution is 5.94. The van der Waals surface area contributed by atoms with E-state index in [1.165, 1.54) is 0 Å². The standard InChI is InChI=1S/C19H16N4O3/c24-18(11-16-14-4-1-2-5-15(14)19(25)26-16)21-12-13-6-8-20-17(10-13)23-9-3-7-22-23/h1-10,16H,11-12H2,(H,21,24). The summed E-state index contributed by atoms with van der Waals surface area (Å²) in [7, 11) is 0. The molecule has 1 atom stereocenters. The first-order valence-electron chi connectivity index (χ1n) is 8.22. The molecule has 130 valence electrons. The van der Waals surface area contributed by atoms with E-state index in [1.54, 1.807) is 35.4 Å². The lowest BCUT2D eigenvalue weighted by molar-refractivity contribution is -0.123. The third-order valence-electron chi connectivity index (χ3n) is 4.19. The molecule has 0 radical (unpaired) electrons. The van der Waals surface area contributed by atoms with Gasteiger partial charge in [-0.05, 0) is 29.8 Å². The van der Waals surface area contributed by atoms with Crippen LogP contribution in [0, 0.1) is 0 Å². The fourth-order valence-electron chi connectivity index (χ4n) is 2.91. The molecule has 1 aromatic carbocycles. The van der Waals surface area contributed by atoms with Crippen LogP contribution in [0.15, 0.2) is 61.1 Å². The molecule has 1 unspecified atom stereocenters. The largest absolute Gasteiger partial charge is 0.453 e. The number of hydrogen-bond donors (Lipinski definition) is 1. The lowest BCUT2D eigenvalue weighted by Crippen LogP contribution is -2.24. The number of nitrogens with one attached hydrogen (secondary N) is 1. The van der Waals surface area contributed by atoms with Crippen molar-refractivity contribution >= 4 is 11.9 Å². The quantitative estimate of drug-likeness (QED) is 0.714. The van der Waals surface area contributed by atoms with E-state index in [1.807, 2.05) is 30.3 Å². The highest BCUT2D eigenvalue weighted by Gasteiger charge is 2.31. The van der Waals surface area contributed by atoms with Crippen LogP contribution in [0.4, 0.5) is 0 Å². The van der Waals surface area contributed by atoms with E-state index in [2.05, 4.69) is 15.4 Å². The van der Waals surface area contributed by atoms with Crippen LogP contribution in [0.5, 0.6) is 0 Å². The number of cyclic esters (lactones) is 1. The maximum atomic E-state index is 12.3. The van der Waals surface area contributed by atoms with Crippen molar-refractivity contribution in [1.29, 1.82) is 0 Å². The van der Waals surface area contributed by atoms with Crippen molar-refractivity contribution in [2.75, 3.05) is 0 Å². The number of carbonyl (C=O) groups excluding carboxylic acids is 2. The van der Waals surface area contributed by atoms with Crippen molar-refractivity contribution in [3.8, 4) is 5.82 Å². The molecule has 1 N–H and O–H groups in total. The van der Waals surface area contributed by atoms with Gasteiger partial charge >= 0.3 is 5.97 Å². The third kappa shape index (κ3) is 3.19. The molecule has 3 aromatic rings. The number of rotatable bonds is 5. The average Bonchev–Trinajstić information content (AvgIpc) is 3.30. The Balaban J connectivity index is 1.38. The maximum absolute atomic E-state index is 12.3. The lowest BCUT2D eigenvalue weighted by Gasteiger charge is -2.11. The molecular weight excluding hydrogens is 332 g/mol. The zero-order valence-corrected chi connectivity index (χ0v) is 13.8. The molecule has 1 aliphatic rings. The number of nitrogens with zero attached hydrogens (tertiary/aromatic N) is 3. The van der Waals surface area contributed by atoms with Crippen molar-refractivity contribution in [2.24, 2.45) is 0 Å². The maximum Gasteiger partial charge on any atom is 0.339 e. The van der Waals surface area contributed by atoms with E-state index in [0.29, 0.717) is 17.9 Å². The molecule has 0 fully saturated rings. The topological polar surface area (TPSA) is 86.1 Å². The van der Waals surface area contributed by atoms with Crippen molar-refractivity contribution in [3.63, 3.8) is 0 Å². The van der Waals surface area contributed by atoms with Gasteiger partial charge in [-0.3, -0.25) is 4.79 Å². The molecule has 7 heteroatoms. The van der Waals surface area contributed by atoms with Crippen LogP contribution < -0.4 is 5.32 Å². The predicted molar refractivity (Wildman–Crippen MR) is 92.4 cm³/mol. The molecule has 1 aliphatic heterocycles. The summed E-state index contributed by atoms with van der Waals surface area (Å²) in [5.41, 5.74) is 2.20. The summed E-state index contributed by atoms with van der Waals surface area (Å²) in [4.78, 5) is 28.3. The molecule has 0 spiro atoms. The summed E-state index contributed by atoms with van der Waals surface area (Å²) in [5.74, 6) is 0.119. The Bertz CT molecular complexity index is 953. The van der Waals surface area contributed by atoms with Crippen molar-refractivity contribution in [3.05, 3.63) is 77.7 Å². The first kappa shape index (κ1) is 16.0. The summed E-state index contributed by atoms with van der Waals surface area (Å²) in [5, 5.41) is 6.99. The summed E-state index contributed by atoms with van der Waals surface area (Å²) < 4.78 is 6.95. The second-order valence-electron chi connectivity index (χ2n) is 5.93. The number of amides is 1. The molecule has 0 saturated heterocycles. The second kappa shape index (κ2) is 6.79. The Morgan fingerprint density at radius 1 is 1.19 bits per heavy atom. The fourth-order valence-corrected chi connectivity index (χ4v) is 2.91. The van der Waals surface area contributed by atoms with E-state index < -0.39 is 6.10 Å². The Morgan fingerprint density at radius 2 is 2.08 bits per heavy atom. The molecule has 0 saturated carbocycles. The predicted octanol–water partition coefficient (Wildman–Crippen LogP) is 2.19. The van der Waals surface area contributed by atoms with Gasteiger partial charge in [-0.15, -0.1) is 0 Å². The molecule has 7 nitrogen and oxygen atoms in total. The van der Waals surface area contributed by atoms with E-state index in [0.717, 1.165) is 11.1 Å². The monoisotopic (exact) mass is 348 g/mol. The van der Waals surface area contributed by atoms with Gasteiger partial charge in [0.05, 0.1) is 12.0 Å². The fraction of sp³-hybridized carbons (Fsp3) is 0.158. The number of hydrogen-bond acceptors (Lipinski definition) is 5. The van der Waals surface area contributed by atoms with E-state index in [-0.39, 0.29) is 18.3 Å². The van der Waals surface area contributed by atoms with Gasteiger partial charge in [0.25, 0.3) is 0 Å². The Morgan fingerprint density at radius 3 is 2.92 bits per heavy atom. The number of fused-ring (bicyclic) bond motifs is 1. The van der Waals surface area contributed by atoms with Gasteiger partial charge in [0, 0.05) is 30.7 Å². The zero-order chi connectivity index (χ0) is 17.9. The van der Waals surface area contributed by atoms with Crippen LogP contribution in [-0.4, -0.2) is 26.6 Å². The highest BCUT2D eigenvalue weighted by atomic mass is 16.5. The molecule has 26 heavy (non-hydrogen) atoms. The summed E-state index contributed by atoms with van der Waals surface area (Å²) >= 11 is 0. The summed E-state index contributed by atoms with van der Waals surface area (Å²) in [6, 6.07) is 12.6. The Kier molecular flexibility index (Phi) is 4.18. The van der Waals surface area contributed by atoms with Gasteiger partial charge in [-0.2, -0.15) is 5.10 Å². The number of pyridine rings is 1. The smallest absolute Gasteiger partial charge is 0.339 e. The SMILES string of the molecule is O=C(CC1OC(=O)c2ccccc21)NCc1ccnc(-n2cccn2)c1. The minimum atomic E-state index is -0.532. The van der Waals surface area contributed by atoms with Gasteiger partial charge in [0.2, 0.25) is 5.91 Å². The zero-order valence-electron chi connectivity index (χ0n) is 13.8. The Labute approximate surface area is 149 Å². The molecule has 0 bridgehead atoms. The van der Waals surface area contributed by atoms with Crippen molar-refractivity contribution < 1.29 is 14.3 Å². The third-order valence-corrected chi connectivity index (χ3v) is 4.19. The Hall–Kier alpha value is -3.48. The van der Waals surface area contributed by atoms with Crippen LogP contribution >= 0.6 is 0 Å². The summed E-state index contributed by atoms with van der Waals surface area (Å²) in [6.45, 7) is 0.359. The van der Waals surface area contributed by atoms with E-state index >= 15 is 0 Å². The highest BCUT2D eigenvalue weighted by Crippen LogP contribution is 2.32. The number of benzene rings is 1. The van der Waals surface area contributed by atoms with Crippen LogP contribution in [0.3, 0.4) is 0 Å². The molecule has 0 aliphatic carbocycles. The van der Waals surface area contributed by atoms with Crippen LogP contribution in [0.25, 0.3) is 5.82 Å². The normalized spacial score (nSPS) is 15.4. The molecule has 3 heterocycles. The minimum absolute atomic E-state index is 0.0971. The van der Waals surface area contributed by atoms with Crippen LogP contribution in [0.2, 0.25) is 0 Å². The minimum Gasteiger partial charge on any atom is -0.453 e. The van der Waals surface area contributed by atoms with Crippen LogP contribution in [0.1, 0.15) is 34.0 Å². The van der Waals surface area contributed by atoms with E-state index in [4.69, 9.17) is 4.74 Å². The second-order valence-corrected chi connectivity index (χ2v) is 5.93. The number of esters is 1. The van der Waals surface area contributed by atoms with Gasteiger partial charge < -0.3 is 10.1 Å². The van der Waals surface area contributed by atoms with E-state index in [9.17, 15) is 9.59 Å². The molecular formula is C19H16N4O3. The van der Waals surface area contributed by atoms with Crippen LogP contribution in [-0.2, 0) is 16.1 Å². The van der Waals surface area contributed by atoms with Crippen molar-refractivity contribution in [2.45, 2.75) is 19.1 Å². The van der Waals surface area contributed by atoms with Gasteiger partial charge in [0.1, 0.15) is 6.10 Å². The average molecular weight is 348 g/mol. The van der Waals surface area contributed by atoms with Gasteiger partial charge in [0.15, 0.2) is 5.82 Å². The number of ether oxygens (including phenoxy) is 1.